The zero-order valence-corrected chi connectivity index (χ0v) is 13.7. The molecule has 0 aliphatic heterocycles. The molecule has 2 aromatic carbocycles. The zero-order chi connectivity index (χ0) is 17.2. The number of imidazole rings is 1. The molecule has 5 nitrogen and oxygen atoms in total. The molecule has 0 fully saturated rings. The number of rotatable bonds is 5. The molecule has 1 aromatic heterocycles. The summed E-state index contributed by atoms with van der Waals surface area (Å²) in [6.45, 7) is 1.76. The Hall–Kier alpha value is -2.51. The molecule has 3 aromatic rings. The van der Waals surface area contributed by atoms with E-state index >= 15 is 0 Å². The summed E-state index contributed by atoms with van der Waals surface area (Å²) in [4.78, 5) is 4.02. The summed E-state index contributed by atoms with van der Waals surface area (Å²) in [6.07, 6.45) is 5.21. The second kappa shape index (κ2) is 6.54. The van der Waals surface area contributed by atoms with Crippen LogP contribution in [0.3, 0.4) is 0 Å². The molecule has 7 heteroatoms. The summed E-state index contributed by atoms with van der Waals surface area (Å²) >= 11 is 0. The van der Waals surface area contributed by atoms with Crippen molar-refractivity contribution in [2.24, 2.45) is 0 Å². The molecule has 1 atom stereocenters. The zero-order valence-electron chi connectivity index (χ0n) is 12.9. The first kappa shape index (κ1) is 16.4. The lowest BCUT2D eigenvalue weighted by Gasteiger charge is -2.15. The molecule has 0 aliphatic carbocycles. The van der Waals surface area contributed by atoms with Crippen molar-refractivity contribution in [1.82, 2.24) is 14.3 Å². The highest BCUT2D eigenvalue weighted by atomic mass is 32.2. The van der Waals surface area contributed by atoms with Gasteiger partial charge in [-0.15, -0.1) is 0 Å². The molecular weight excluding hydrogens is 329 g/mol. The van der Waals surface area contributed by atoms with Gasteiger partial charge in [0.25, 0.3) is 0 Å². The maximum Gasteiger partial charge on any atom is 0.241 e. The molecular formula is C17H16FN3O2S. The summed E-state index contributed by atoms with van der Waals surface area (Å²) in [5, 5.41) is 0. The highest BCUT2D eigenvalue weighted by molar-refractivity contribution is 7.89. The molecule has 1 N–H and O–H groups in total. The van der Waals surface area contributed by atoms with Crippen LogP contribution in [0.15, 0.2) is 72.1 Å². The van der Waals surface area contributed by atoms with E-state index in [1.165, 1.54) is 12.1 Å². The van der Waals surface area contributed by atoms with E-state index in [0.29, 0.717) is 0 Å². The van der Waals surface area contributed by atoms with Crippen LogP contribution in [0.2, 0.25) is 0 Å². The SMILES string of the molecule is C[C@@H](NS(=O)(=O)c1ccc(F)cc1)c1ccc(-n2ccnc2)cc1. The summed E-state index contributed by atoms with van der Waals surface area (Å²) in [7, 11) is -3.71. The molecule has 24 heavy (non-hydrogen) atoms. The van der Waals surface area contributed by atoms with Crippen molar-refractivity contribution in [2.75, 3.05) is 0 Å². The maximum atomic E-state index is 12.9. The molecule has 0 aliphatic rings. The number of benzene rings is 2. The highest BCUT2D eigenvalue weighted by Gasteiger charge is 2.18. The standard InChI is InChI=1S/C17H16FN3O2S/c1-13(20-24(22,23)17-8-4-15(18)5-9-17)14-2-6-16(7-3-14)21-11-10-19-12-21/h2-13,20H,1H3/t13-/m1/s1. The van der Waals surface area contributed by atoms with Crippen LogP contribution in [0.4, 0.5) is 4.39 Å². The summed E-state index contributed by atoms with van der Waals surface area (Å²) in [6, 6.07) is 11.8. The molecule has 0 spiro atoms. The van der Waals surface area contributed by atoms with Crippen molar-refractivity contribution in [3.63, 3.8) is 0 Å². The number of hydrogen-bond donors (Lipinski definition) is 1. The second-order valence-electron chi connectivity index (χ2n) is 5.36. The number of nitrogens with zero attached hydrogens (tertiary/aromatic N) is 2. The Balaban J connectivity index is 1.76. The van der Waals surface area contributed by atoms with Crippen LogP contribution in [0.5, 0.6) is 0 Å². The van der Waals surface area contributed by atoms with Crippen molar-refractivity contribution < 1.29 is 12.8 Å². The van der Waals surface area contributed by atoms with E-state index in [9.17, 15) is 12.8 Å². The Morgan fingerprint density at radius 3 is 2.33 bits per heavy atom. The Bertz CT molecular complexity index is 905. The van der Waals surface area contributed by atoms with Gasteiger partial charge in [-0.05, 0) is 48.9 Å². The Morgan fingerprint density at radius 2 is 1.75 bits per heavy atom. The molecule has 1 heterocycles. The maximum absolute atomic E-state index is 12.9. The van der Waals surface area contributed by atoms with Crippen molar-refractivity contribution in [3.8, 4) is 5.69 Å². The first-order chi connectivity index (χ1) is 11.5. The number of sulfonamides is 1. The van der Waals surface area contributed by atoms with Gasteiger partial charge in [-0.2, -0.15) is 0 Å². The van der Waals surface area contributed by atoms with Gasteiger partial charge < -0.3 is 4.57 Å². The largest absolute Gasteiger partial charge is 0.306 e. The van der Waals surface area contributed by atoms with Crippen molar-refractivity contribution in [1.29, 1.82) is 0 Å². The molecule has 0 saturated heterocycles. The Kier molecular flexibility index (Phi) is 4.46. The predicted molar refractivity (Wildman–Crippen MR) is 88.7 cm³/mol. The number of aromatic nitrogens is 2. The van der Waals surface area contributed by atoms with E-state index in [1.807, 2.05) is 35.0 Å². The van der Waals surface area contributed by atoms with E-state index in [0.717, 1.165) is 23.4 Å². The quantitative estimate of drug-likeness (QED) is 0.773. The van der Waals surface area contributed by atoms with Crippen LogP contribution < -0.4 is 4.72 Å². The van der Waals surface area contributed by atoms with Gasteiger partial charge in [-0.3, -0.25) is 0 Å². The molecule has 0 radical (unpaired) electrons. The van der Waals surface area contributed by atoms with Crippen LogP contribution in [-0.4, -0.2) is 18.0 Å². The van der Waals surface area contributed by atoms with Gasteiger partial charge in [0.05, 0.1) is 11.2 Å². The smallest absolute Gasteiger partial charge is 0.241 e. The third-order valence-electron chi connectivity index (χ3n) is 3.65. The molecule has 0 saturated carbocycles. The molecule has 0 unspecified atom stereocenters. The normalized spacial score (nSPS) is 12.9. The van der Waals surface area contributed by atoms with Crippen molar-refractivity contribution >= 4 is 10.0 Å². The van der Waals surface area contributed by atoms with Gasteiger partial charge in [0.15, 0.2) is 0 Å². The first-order valence-electron chi connectivity index (χ1n) is 7.32. The van der Waals surface area contributed by atoms with Gasteiger partial charge in [-0.25, -0.2) is 22.5 Å². The van der Waals surface area contributed by atoms with Gasteiger partial charge >= 0.3 is 0 Å². The molecule has 3 rings (SSSR count). The van der Waals surface area contributed by atoms with Gasteiger partial charge in [-0.1, -0.05) is 12.1 Å². The summed E-state index contributed by atoms with van der Waals surface area (Å²) in [5.41, 5.74) is 1.76. The fraction of sp³-hybridized carbons (Fsp3) is 0.118. The van der Waals surface area contributed by atoms with Crippen LogP contribution in [0.25, 0.3) is 5.69 Å². The molecule has 0 bridgehead atoms. The third kappa shape index (κ3) is 3.52. The van der Waals surface area contributed by atoms with Crippen LogP contribution in [0.1, 0.15) is 18.5 Å². The van der Waals surface area contributed by atoms with Gasteiger partial charge in [0.1, 0.15) is 5.82 Å². The summed E-state index contributed by atoms with van der Waals surface area (Å²) in [5.74, 6) is -0.475. The Labute approximate surface area is 139 Å². The topological polar surface area (TPSA) is 64.0 Å². The van der Waals surface area contributed by atoms with Gasteiger partial charge in [0.2, 0.25) is 10.0 Å². The van der Waals surface area contributed by atoms with Crippen LogP contribution >= 0.6 is 0 Å². The fourth-order valence-corrected chi connectivity index (χ4v) is 3.56. The second-order valence-corrected chi connectivity index (χ2v) is 7.07. The van der Waals surface area contributed by atoms with E-state index in [1.54, 1.807) is 19.4 Å². The van der Waals surface area contributed by atoms with E-state index in [4.69, 9.17) is 0 Å². The van der Waals surface area contributed by atoms with Crippen molar-refractivity contribution in [3.05, 3.63) is 78.6 Å². The van der Waals surface area contributed by atoms with E-state index in [2.05, 4.69) is 9.71 Å². The minimum absolute atomic E-state index is 0.0331. The van der Waals surface area contributed by atoms with Gasteiger partial charge in [0, 0.05) is 24.1 Å². The van der Waals surface area contributed by atoms with Crippen LogP contribution in [-0.2, 0) is 10.0 Å². The number of hydrogen-bond acceptors (Lipinski definition) is 3. The predicted octanol–water partition coefficient (Wildman–Crippen LogP) is 3.05. The first-order valence-corrected chi connectivity index (χ1v) is 8.80. The monoisotopic (exact) mass is 345 g/mol. The average Bonchev–Trinajstić information content (AvgIpc) is 3.09. The van der Waals surface area contributed by atoms with Crippen LogP contribution in [0, 0.1) is 5.82 Å². The lowest BCUT2D eigenvalue weighted by Crippen LogP contribution is -2.26. The minimum atomic E-state index is -3.71. The lowest BCUT2D eigenvalue weighted by molar-refractivity contribution is 0.566. The summed E-state index contributed by atoms with van der Waals surface area (Å²) < 4.78 is 42.1. The lowest BCUT2D eigenvalue weighted by atomic mass is 10.1. The molecule has 0 amide bonds. The molecule has 124 valence electrons. The van der Waals surface area contributed by atoms with Crippen molar-refractivity contribution in [2.45, 2.75) is 17.9 Å². The fourth-order valence-electron chi connectivity index (χ4n) is 2.33. The van der Waals surface area contributed by atoms with E-state index in [-0.39, 0.29) is 4.90 Å². The highest BCUT2D eigenvalue weighted by Crippen LogP contribution is 2.19. The minimum Gasteiger partial charge on any atom is -0.306 e. The number of halogens is 1. The Morgan fingerprint density at radius 1 is 1.08 bits per heavy atom. The third-order valence-corrected chi connectivity index (χ3v) is 5.21. The number of nitrogens with one attached hydrogen (secondary N) is 1. The average molecular weight is 345 g/mol. The van der Waals surface area contributed by atoms with E-state index < -0.39 is 21.9 Å².